The third-order valence-corrected chi connectivity index (χ3v) is 9.28. The molecule has 0 aliphatic heterocycles. The SMILES string of the molecule is c1ccc(-c2nc(-c3cccc(-c4cccc5oc6ccccc6c45)c3)nc(-c3cccc4sc5ccccc5c34)n2)cc1. The molecule has 4 nitrogen and oxygen atoms in total. The monoisotopic (exact) mass is 581 g/mol. The van der Waals surface area contributed by atoms with Gasteiger partial charge in [-0.05, 0) is 41.5 Å². The van der Waals surface area contributed by atoms with Crippen LogP contribution in [0.3, 0.4) is 0 Å². The van der Waals surface area contributed by atoms with E-state index >= 15 is 0 Å². The van der Waals surface area contributed by atoms with E-state index in [0.717, 1.165) is 49.8 Å². The van der Waals surface area contributed by atoms with Crippen LogP contribution in [0.25, 0.3) is 87.4 Å². The Morgan fingerprint density at radius 3 is 1.93 bits per heavy atom. The molecule has 9 rings (SSSR count). The smallest absolute Gasteiger partial charge is 0.164 e. The van der Waals surface area contributed by atoms with Gasteiger partial charge in [0, 0.05) is 47.6 Å². The van der Waals surface area contributed by atoms with E-state index in [-0.39, 0.29) is 0 Å². The molecule has 206 valence electrons. The van der Waals surface area contributed by atoms with Crippen LogP contribution < -0.4 is 0 Å². The second-order valence-corrected chi connectivity index (χ2v) is 11.9. The molecule has 44 heavy (non-hydrogen) atoms. The van der Waals surface area contributed by atoms with Crippen molar-refractivity contribution in [3.05, 3.63) is 140 Å². The molecule has 0 amide bonds. The first-order valence-electron chi connectivity index (χ1n) is 14.5. The second-order valence-electron chi connectivity index (χ2n) is 10.8. The van der Waals surface area contributed by atoms with Crippen molar-refractivity contribution in [2.75, 3.05) is 0 Å². The van der Waals surface area contributed by atoms with Gasteiger partial charge in [-0.25, -0.2) is 15.0 Å². The molecule has 9 aromatic rings. The van der Waals surface area contributed by atoms with Gasteiger partial charge in [-0.2, -0.15) is 0 Å². The van der Waals surface area contributed by atoms with Crippen LogP contribution in [0.5, 0.6) is 0 Å². The molecule has 3 aromatic heterocycles. The predicted molar refractivity (Wildman–Crippen MR) is 182 cm³/mol. The highest BCUT2D eigenvalue weighted by Gasteiger charge is 2.18. The number of nitrogens with zero attached hydrogens (tertiary/aromatic N) is 3. The van der Waals surface area contributed by atoms with Crippen molar-refractivity contribution in [2.45, 2.75) is 0 Å². The topological polar surface area (TPSA) is 51.8 Å². The number of rotatable bonds is 4. The third kappa shape index (κ3) is 4.02. The van der Waals surface area contributed by atoms with E-state index in [2.05, 4.69) is 84.9 Å². The fourth-order valence-electron chi connectivity index (χ4n) is 6.14. The molecule has 0 fully saturated rings. The number of para-hydroxylation sites is 1. The first-order chi connectivity index (χ1) is 21.8. The van der Waals surface area contributed by atoms with Crippen molar-refractivity contribution >= 4 is 53.4 Å². The molecule has 0 aliphatic carbocycles. The average molecular weight is 582 g/mol. The Labute approximate surface area is 256 Å². The van der Waals surface area contributed by atoms with Gasteiger partial charge in [-0.1, -0.05) is 109 Å². The first kappa shape index (κ1) is 24.9. The van der Waals surface area contributed by atoms with Gasteiger partial charge >= 0.3 is 0 Å². The van der Waals surface area contributed by atoms with Crippen LogP contribution >= 0.6 is 11.3 Å². The van der Waals surface area contributed by atoms with Crippen LogP contribution in [0.1, 0.15) is 0 Å². The van der Waals surface area contributed by atoms with E-state index in [1.807, 2.05) is 54.6 Å². The lowest BCUT2D eigenvalue weighted by molar-refractivity contribution is 0.669. The summed E-state index contributed by atoms with van der Waals surface area (Å²) >= 11 is 1.79. The summed E-state index contributed by atoms with van der Waals surface area (Å²) in [5.41, 5.74) is 6.83. The molecular weight excluding hydrogens is 559 g/mol. The van der Waals surface area contributed by atoms with Crippen LogP contribution in [-0.2, 0) is 0 Å². The number of hydrogen-bond donors (Lipinski definition) is 0. The van der Waals surface area contributed by atoms with Crippen LogP contribution in [0.2, 0.25) is 0 Å². The molecule has 6 aromatic carbocycles. The Morgan fingerprint density at radius 1 is 0.409 bits per heavy atom. The molecule has 5 heteroatoms. The second kappa shape index (κ2) is 9.97. The van der Waals surface area contributed by atoms with Crippen LogP contribution in [0, 0.1) is 0 Å². The van der Waals surface area contributed by atoms with Crippen molar-refractivity contribution in [1.82, 2.24) is 15.0 Å². The predicted octanol–water partition coefficient (Wildman–Crippen LogP) is 10.8. The number of thiophene rings is 1. The van der Waals surface area contributed by atoms with E-state index in [0.29, 0.717) is 17.5 Å². The molecule has 0 spiro atoms. The zero-order chi connectivity index (χ0) is 29.0. The standard InChI is InChI=1S/C39H23N3OS/c1-2-11-24(12-3-1)37-40-38(42-39(41-37)30-18-10-22-34-36(30)29-16-5-7-21-33(29)44-34)26-14-8-13-25(23-26)27-17-9-20-32-35(27)28-15-4-6-19-31(28)43-32/h1-23H. The molecule has 0 radical (unpaired) electrons. The minimum absolute atomic E-state index is 0.636. The maximum Gasteiger partial charge on any atom is 0.164 e. The quantitative estimate of drug-likeness (QED) is 0.207. The highest BCUT2D eigenvalue weighted by atomic mass is 32.1. The third-order valence-electron chi connectivity index (χ3n) is 8.15. The average Bonchev–Trinajstić information content (AvgIpc) is 3.67. The number of benzene rings is 6. The molecule has 0 saturated carbocycles. The van der Waals surface area contributed by atoms with E-state index < -0.39 is 0 Å². The number of hydrogen-bond acceptors (Lipinski definition) is 5. The Balaban J connectivity index is 1.27. The Kier molecular flexibility index (Phi) is 5.64. The maximum atomic E-state index is 6.19. The summed E-state index contributed by atoms with van der Waals surface area (Å²) in [4.78, 5) is 15.2. The van der Waals surface area contributed by atoms with E-state index in [9.17, 15) is 0 Å². The molecule has 0 saturated heterocycles. The summed E-state index contributed by atoms with van der Waals surface area (Å²) in [5, 5.41) is 4.61. The highest BCUT2D eigenvalue weighted by Crippen LogP contribution is 2.40. The molecule has 0 bridgehead atoms. The molecule has 0 atom stereocenters. The van der Waals surface area contributed by atoms with E-state index in [4.69, 9.17) is 19.4 Å². The fraction of sp³-hybridized carbons (Fsp3) is 0. The van der Waals surface area contributed by atoms with Crippen molar-refractivity contribution in [1.29, 1.82) is 0 Å². The minimum Gasteiger partial charge on any atom is -0.456 e. The lowest BCUT2D eigenvalue weighted by Crippen LogP contribution is -2.00. The number of aromatic nitrogens is 3. The Morgan fingerprint density at radius 2 is 1.02 bits per heavy atom. The molecular formula is C39H23N3OS. The number of furan rings is 1. The van der Waals surface area contributed by atoms with Gasteiger partial charge in [0.25, 0.3) is 0 Å². The first-order valence-corrected chi connectivity index (χ1v) is 15.3. The Bertz CT molecular complexity index is 2510. The summed E-state index contributed by atoms with van der Waals surface area (Å²) < 4.78 is 8.65. The van der Waals surface area contributed by atoms with Crippen molar-refractivity contribution in [3.63, 3.8) is 0 Å². The molecule has 0 unspecified atom stereocenters. The summed E-state index contributed by atoms with van der Waals surface area (Å²) in [5.74, 6) is 1.95. The van der Waals surface area contributed by atoms with Gasteiger partial charge in [-0.15, -0.1) is 11.3 Å². The van der Waals surface area contributed by atoms with Crippen LogP contribution in [0.15, 0.2) is 144 Å². The number of fused-ring (bicyclic) bond motifs is 6. The summed E-state index contributed by atoms with van der Waals surface area (Å²) in [7, 11) is 0. The largest absolute Gasteiger partial charge is 0.456 e. The van der Waals surface area contributed by atoms with Crippen molar-refractivity contribution < 1.29 is 4.42 Å². The van der Waals surface area contributed by atoms with E-state index in [1.165, 1.54) is 20.2 Å². The fourth-order valence-corrected chi connectivity index (χ4v) is 7.28. The van der Waals surface area contributed by atoms with Gasteiger partial charge in [-0.3, -0.25) is 0 Å². The lowest BCUT2D eigenvalue weighted by atomic mass is 9.98. The zero-order valence-corrected chi connectivity index (χ0v) is 24.3. The molecule has 0 aliphatic rings. The van der Waals surface area contributed by atoms with Gasteiger partial charge in [0.05, 0.1) is 0 Å². The van der Waals surface area contributed by atoms with Crippen molar-refractivity contribution in [2.24, 2.45) is 0 Å². The summed E-state index contributed by atoms with van der Waals surface area (Å²) in [6.07, 6.45) is 0. The zero-order valence-electron chi connectivity index (χ0n) is 23.4. The molecule has 0 N–H and O–H groups in total. The van der Waals surface area contributed by atoms with Gasteiger partial charge in [0.1, 0.15) is 11.2 Å². The van der Waals surface area contributed by atoms with Crippen LogP contribution in [-0.4, -0.2) is 15.0 Å². The normalized spacial score (nSPS) is 11.6. The summed E-state index contributed by atoms with van der Waals surface area (Å²) in [6, 6.07) is 47.9. The van der Waals surface area contributed by atoms with Gasteiger partial charge in [0.2, 0.25) is 0 Å². The maximum absolute atomic E-state index is 6.19. The Hall–Kier alpha value is -5.65. The van der Waals surface area contributed by atoms with Crippen molar-refractivity contribution in [3.8, 4) is 45.3 Å². The lowest BCUT2D eigenvalue weighted by Gasteiger charge is -2.11. The molecule has 3 heterocycles. The van der Waals surface area contributed by atoms with Crippen LogP contribution in [0.4, 0.5) is 0 Å². The van der Waals surface area contributed by atoms with Gasteiger partial charge in [0.15, 0.2) is 17.5 Å². The van der Waals surface area contributed by atoms with E-state index in [1.54, 1.807) is 11.3 Å². The minimum atomic E-state index is 0.636. The highest BCUT2D eigenvalue weighted by molar-refractivity contribution is 7.25. The summed E-state index contributed by atoms with van der Waals surface area (Å²) in [6.45, 7) is 0. The van der Waals surface area contributed by atoms with Gasteiger partial charge < -0.3 is 4.42 Å².